The Morgan fingerprint density at radius 3 is 1.82 bits per heavy atom. The van der Waals surface area contributed by atoms with Crippen LogP contribution in [0.15, 0.2) is 60.7 Å². The summed E-state index contributed by atoms with van der Waals surface area (Å²) in [6.07, 6.45) is 0. The monoisotopic (exact) mass is 524 g/mol. The zero-order valence-corrected chi connectivity index (χ0v) is 19.4. The van der Waals surface area contributed by atoms with Crippen LogP contribution < -0.4 is 10.8 Å². The Labute approximate surface area is 213 Å². The summed E-state index contributed by atoms with van der Waals surface area (Å²) < 4.78 is 0. The lowest BCUT2D eigenvalue weighted by molar-refractivity contribution is -0.385. The number of non-ortho nitro benzene ring substituents is 2. The number of hydrogen-bond donors (Lipinski definition) is 4. The molecule has 0 aliphatic heterocycles. The van der Waals surface area contributed by atoms with Gasteiger partial charge < -0.3 is 15.5 Å². The van der Waals surface area contributed by atoms with Gasteiger partial charge in [-0.1, -0.05) is 24.3 Å². The molecular weight excluding hydrogens is 504 g/mol. The number of rotatable bonds is 12. The van der Waals surface area contributed by atoms with Crippen LogP contribution in [0.5, 0.6) is 0 Å². The molecule has 0 aliphatic carbocycles. The van der Waals surface area contributed by atoms with E-state index in [-0.39, 0.29) is 42.1 Å². The Balaban J connectivity index is 1.52. The predicted octanol–water partition coefficient (Wildman–Crippen LogP) is 3.05. The molecule has 3 aromatic rings. The van der Waals surface area contributed by atoms with Crippen LogP contribution in [0.1, 0.15) is 47.8 Å². The number of aromatic carboxylic acids is 2. The Bertz CT molecular complexity index is 1410. The largest absolute Gasteiger partial charge is 0.478 e. The van der Waals surface area contributed by atoms with Crippen molar-refractivity contribution < 1.29 is 39.3 Å². The number of carboxylic acid groups (broad SMARTS) is 2. The summed E-state index contributed by atoms with van der Waals surface area (Å²) in [7, 11) is 0. The molecule has 0 spiro atoms. The van der Waals surface area contributed by atoms with Crippen molar-refractivity contribution in [3.8, 4) is 0 Å². The lowest BCUT2D eigenvalue weighted by Gasteiger charge is -2.10. The molecular formula is C24H20N4O10. The van der Waals surface area contributed by atoms with Gasteiger partial charge >= 0.3 is 11.9 Å². The molecule has 14 nitrogen and oxygen atoms in total. The first kappa shape index (κ1) is 27.4. The number of carbonyl (C=O) groups excluding carboxylic acids is 1. The van der Waals surface area contributed by atoms with E-state index in [1.807, 2.05) is 0 Å². The molecule has 196 valence electrons. The highest BCUT2D eigenvalue weighted by Gasteiger charge is 2.20. The molecule has 4 N–H and O–H groups in total. The average molecular weight is 524 g/mol. The molecule has 0 radical (unpaired) electrons. The number of carbonyl (C=O) groups is 3. The Morgan fingerprint density at radius 2 is 1.26 bits per heavy atom. The number of amides is 1. The third kappa shape index (κ3) is 6.93. The van der Waals surface area contributed by atoms with Gasteiger partial charge in [-0.2, -0.15) is 5.48 Å². The number of hydrogen-bond acceptors (Lipinski definition) is 9. The van der Waals surface area contributed by atoms with E-state index in [9.17, 15) is 44.8 Å². The first-order valence-corrected chi connectivity index (χ1v) is 10.8. The second-order valence-electron chi connectivity index (χ2n) is 7.80. The van der Waals surface area contributed by atoms with Crippen molar-refractivity contribution in [1.29, 1.82) is 0 Å². The highest BCUT2D eigenvalue weighted by Crippen LogP contribution is 2.20. The van der Waals surface area contributed by atoms with Gasteiger partial charge in [-0.25, -0.2) is 9.59 Å². The van der Waals surface area contributed by atoms with E-state index >= 15 is 0 Å². The molecule has 0 saturated heterocycles. The van der Waals surface area contributed by atoms with E-state index in [1.54, 1.807) is 24.3 Å². The molecule has 14 heteroatoms. The second kappa shape index (κ2) is 12.2. The Hall–Kier alpha value is -5.21. The number of nitrogens with one attached hydrogen (secondary N) is 2. The molecule has 0 atom stereocenters. The van der Waals surface area contributed by atoms with Crippen molar-refractivity contribution in [3.05, 3.63) is 114 Å². The van der Waals surface area contributed by atoms with Gasteiger partial charge in [0.1, 0.15) is 0 Å². The molecule has 1 amide bonds. The third-order valence-electron chi connectivity index (χ3n) is 5.31. The number of hydroxylamine groups is 1. The summed E-state index contributed by atoms with van der Waals surface area (Å²) in [6, 6.07) is 13.3. The maximum absolute atomic E-state index is 12.5. The van der Waals surface area contributed by atoms with Crippen LogP contribution in [0.2, 0.25) is 0 Å². The Kier molecular flexibility index (Phi) is 8.76. The van der Waals surface area contributed by atoms with Crippen molar-refractivity contribution in [1.82, 2.24) is 10.8 Å². The van der Waals surface area contributed by atoms with E-state index in [0.29, 0.717) is 5.56 Å². The molecule has 0 heterocycles. The van der Waals surface area contributed by atoms with Gasteiger partial charge in [-0.05, 0) is 28.8 Å². The van der Waals surface area contributed by atoms with Gasteiger partial charge in [-0.3, -0.25) is 29.9 Å². The fourth-order valence-electron chi connectivity index (χ4n) is 3.34. The SMILES string of the molecule is O=C(O)c1cc([N+](=O)[O-])ccc1CONCc1ccc(CNC(=O)c2ccc([N+](=O)[O-])cc2C(=O)O)cc1. The van der Waals surface area contributed by atoms with E-state index in [1.165, 1.54) is 12.1 Å². The van der Waals surface area contributed by atoms with Crippen LogP contribution in [0.4, 0.5) is 11.4 Å². The molecule has 3 rings (SSSR count). The standard InChI is InChI=1S/C24H20N4O10/c29-22(19-8-7-18(28(36)37)10-21(19)24(32)33)25-11-14-1-3-15(4-2-14)12-26-38-13-16-5-6-17(27(34)35)9-20(16)23(30)31/h1-10,26H,11-13H2,(H,25,29)(H,30,31)(H,32,33). The molecule has 0 unspecified atom stereocenters. The molecule has 0 aromatic heterocycles. The fraction of sp³-hybridized carbons (Fsp3) is 0.125. The van der Waals surface area contributed by atoms with E-state index < -0.39 is 38.9 Å². The van der Waals surface area contributed by atoms with Crippen LogP contribution >= 0.6 is 0 Å². The van der Waals surface area contributed by atoms with Crippen LogP contribution in [-0.4, -0.2) is 37.9 Å². The van der Waals surface area contributed by atoms with Crippen molar-refractivity contribution in [3.63, 3.8) is 0 Å². The first-order valence-electron chi connectivity index (χ1n) is 10.8. The zero-order chi connectivity index (χ0) is 27.8. The van der Waals surface area contributed by atoms with Crippen LogP contribution in [0.25, 0.3) is 0 Å². The fourth-order valence-corrected chi connectivity index (χ4v) is 3.34. The summed E-state index contributed by atoms with van der Waals surface area (Å²) in [5.74, 6) is -3.49. The minimum Gasteiger partial charge on any atom is -0.478 e. The van der Waals surface area contributed by atoms with E-state index in [2.05, 4.69) is 10.8 Å². The summed E-state index contributed by atoms with van der Waals surface area (Å²) in [5.41, 5.74) is 2.69. The normalized spacial score (nSPS) is 10.5. The third-order valence-corrected chi connectivity index (χ3v) is 5.31. The zero-order valence-electron chi connectivity index (χ0n) is 19.4. The second-order valence-corrected chi connectivity index (χ2v) is 7.80. The molecule has 38 heavy (non-hydrogen) atoms. The maximum atomic E-state index is 12.5. The van der Waals surface area contributed by atoms with Gasteiger partial charge in [0.2, 0.25) is 0 Å². The molecule has 0 aliphatic rings. The quantitative estimate of drug-likeness (QED) is 0.154. The lowest BCUT2D eigenvalue weighted by Crippen LogP contribution is -2.25. The summed E-state index contributed by atoms with van der Waals surface area (Å²) in [5, 5.41) is 42.8. The van der Waals surface area contributed by atoms with E-state index in [4.69, 9.17) is 4.84 Å². The van der Waals surface area contributed by atoms with E-state index in [0.717, 1.165) is 29.8 Å². The lowest BCUT2D eigenvalue weighted by atomic mass is 10.1. The molecule has 0 saturated carbocycles. The van der Waals surface area contributed by atoms with Crippen LogP contribution in [-0.2, 0) is 24.5 Å². The average Bonchev–Trinajstić information content (AvgIpc) is 2.89. The number of carboxylic acids is 2. The summed E-state index contributed by atoms with van der Waals surface area (Å²) in [4.78, 5) is 60.8. The van der Waals surface area contributed by atoms with Crippen LogP contribution in [0.3, 0.4) is 0 Å². The summed E-state index contributed by atoms with van der Waals surface area (Å²) in [6.45, 7) is 0.161. The van der Waals surface area contributed by atoms with Gasteiger partial charge in [0.05, 0.1) is 33.1 Å². The topological polar surface area (TPSA) is 211 Å². The number of nitro benzene ring substituents is 2. The van der Waals surface area contributed by atoms with Gasteiger partial charge in [-0.15, -0.1) is 0 Å². The first-order chi connectivity index (χ1) is 18.1. The van der Waals surface area contributed by atoms with Crippen molar-refractivity contribution >= 4 is 29.2 Å². The predicted molar refractivity (Wildman–Crippen MR) is 129 cm³/mol. The molecule has 0 fully saturated rings. The minimum absolute atomic E-state index is 0.0667. The molecule has 0 bridgehead atoms. The van der Waals surface area contributed by atoms with Crippen LogP contribution in [0, 0.1) is 20.2 Å². The minimum atomic E-state index is -1.47. The van der Waals surface area contributed by atoms with Crippen molar-refractivity contribution in [2.24, 2.45) is 0 Å². The highest BCUT2D eigenvalue weighted by atomic mass is 16.6. The Morgan fingerprint density at radius 1 is 0.737 bits per heavy atom. The van der Waals surface area contributed by atoms with Gasteiger partial charge in [0, 0.05) is 37.4 Å². The highest BCUT2D eigenvalue weighted by molar-refractivity contribution is 6.05. The molecule has 3 aromatic carbocycles. The van der Waals surface area contributed by atoms with Gasteiger partial charge in [0.25, 0.3) is 17.3 Å². The van der Waals surface area contributed by atoms with Crippen molar-refractivity contribution in [2.75, 3.05) is 0 Å². The maximum Gasteiger partial charge on any atom is 0.336 e. The smallest absolute Gasteiger partial charge is 0.336 e. The van der Waals surface area contributed by atoms with Crippen molar-refractivity contribution in [2.45, 2.75) is 19.7 Å². The number of nitrogens with zero attached hydrogens (tertiary/aromatic N) is 2. The summed E-state index contributed by atoms with van der Waals surface area (Å²) >= 11 is 0. The van der Waals surface area contributed by atoms with Gasteiger partial charge in [0.15, 0.2) is 0 Å². The number of nitro groups is 2. The number of benzene rings is 3.